The molecule has 1 saturated heterocycles. The van der Waals surface area contributed by atoms with Gasteiger partial charge in [0.25, 0.3) is 5.91 Å². The number of carbonyl (C=O) groups is 1. The molecule has 8 heteroatoms. The average molecular weight is 462 g/mol. The zero-order chi connectivity index (χ0) is 23.5. The highest BCUT2D eigenvalue weighted by atomic mass is 19.1. The summed E-state index contributed by atoms with van der Waals surface area (Å²) in [6.07, 6.45) is 4.28. The van der Waals surface area contributed by atoms with E-state index in [0.29, 0.717) is 12.0 Å². The average Bonchev–Trinajstić information content (AvgIpc) is 3.47. The number of benzene rings is 2. The normalized spacial score (nSPS) is 14.5. The number of nitrogens with zero attached hydrogens (tertiary/aromatic N) is 4. The van der Waals surface area contributed by atoms with E-state index < -0.39 is 0 Å². The van der Waals surface area contributed by atoms with Gasteiger partial charge in [-0.15, -0.1) is 0 Å². The lowest BCUT2D eigenvalue weighted by atomic mass is 10.1. The summed E-state index contributed by atoms with van der Waals surface area (Å²) in [5.74, 6) is -0.520. The Morgan fingerprint density at radius 2 is 1.88 bits per heavy atom. The van der Waals surface area contributed by atoms with Crippen LogP contribution < -0.4 is 5.32 Å². The van der Waals surface area contributed by atoms with Gasteiger partial charge in [-0.1, -0.05) is 6.92 Å². The first kappa shape index (κ1) is 22.3. The Morgan fingerprint density at radius 3 is 2.65 bits per heavy atom. The van der Waals surface area contributed by atoms with Crippen LogP contribution >= 0.6 is 0 Å². The van der Waals surface area contributed by atoms with E-state index >= 15 is 0 Å². The number of hydrogen-bond donors (Lipinski definition) is 1. The van der Waals surface area contributed by atoms with Crippen molar-refractivity contribution < 1.29 is 13.9 Å². The van der Waals surface area contributed by atoms with Crippen molar-refractivity contribution >= 4 is 22.5 Å². The van der Waals surface area contributed by atoms with Crippen molar-refractivity contribution in [3.05, 3.63) is 78.0 Å². The summed E-state index contributed by atoms with van der Waals surface area (Å²) in [6, 6.07) is 14.1. The van der Waals surface area contributed by atoms with Gasteiger partial charge in [0.05, 0.1) is 36.4 Å². The van der Waals surface area contributed by atoms with Gasteiger partial charge in [-0.3, -0.25) is 9.69 Å². The van der Waals surface area contributed by atoms with Crippen molar-refractivity contribution in [1.82, 2.24) is 19.2 Å². The zero-order valence-corrected chi connectivity index (χ0v) is 19.2. The molecule has 1 aliphatic heterocycles. The van der Waals surface area contributed by atoms with Crippen LogP contribution in [0.3, 0.4) is 0 Å². The fourth-order valence-electron chi connectivity index (χ4n) is 4.45. The molecule has 1 fully saturated rings. The van der Waals surface area contributed by atoms with Crippen molar-refractivity contribution in [2.45, 2.75) is 19.9 Å². The largest absolute Gasteiger partial charge is 0.379 e. The maximum Gasteiger partial charge on any atom is 0.259 e. The molecule has 0 atom stereocenters. The Hall–Kier alpha value is -3.49. The predicted octanol–water partition coefficient (Wildman–Crippen LogP) is 4.11. The smallest absolute Gasteiger partial charge is 0.259 e. The molecule has 2 aromatic carbocycles. The van der Waals surface area contributed by atoms with Crippen LogP contribution in [0.1, 0.15) is 23.0 Å². The van der Waals surface area contributed by atoms with Crippen molar-refractivity contribution in [2.24, 2.45) is 0 Å². The quantitative estimate of drug-likeness (QED) is 0.450. The fraction of sp³-hybridized carbons (Fsp3) is 0.308. The summed E-state index contributed by atoms with van der Waals surface area (Å²) in [5, 5.41) is 8.47. The molecular weight excluding hydrogens is 433 g/mol. The molecule has 0 radical (unpaired) electrons. The maximum absolute atomic E-state index is 13.3. The van der Waals surface area contributed by atoms with E-state index in [1.165, 1.54) is 12.1 Å². The van der Waals surface area contributed by atoms with Crippen LogP contribution in [0.4, 0.5) is 10.1 Å². The number of rotatable bonds is 7. The Bertz CT molecular complexity index is 1290. The Morgan fingerprint density at radius 1 is 1.09 bits per heavy atom. The van der Waals surface area contributed by atoms with E-state index in [-0.39, 0.29) is 11.7 Å². The minimum absolute atomic E-state index is 0.212. The van der Waals surface area contributed by atoms with Gasteiger partial charge in [0, 0.05) is 49.0 Å². The van der Waals surface area contributed by atoms with Crippen LogP contribution in [-0.4, -0.2) is 58.0 Å². The lowest BCUT2D eigenvalue weighted by molar-refractivity contribution is 0.0365. The number of anilines is 1. The van der Waals surface area contributed by atoms with Gasteiger partial charge in [-0.05, 0) is 55.0 Å². The van der Waals surface area contributed by atoms with Crippen LogP contribution in [0.5, 0.6) is 0 Å². The molecule has 34 heavy (non-hydrogen) atoms. The van der Waals surface area contributed by atoms with E-state index in [4.69, 9.17) is 4.74 Å². The van der Waals surface area contributed by atoms with Crippen LogP contribution in [0.15, 0.2) is 60.9 Å². The van der Waals surface area contributed by atoms with E-state index in [1.807, 2.05) is 25.1 Å². The number of carbonyl (C=O) groups excluding carboxylic acids is 1. The standard InChI is InChI=1S/C26H28FN5O2/c1-2-24-23(18-28-32(24)22-6-3-20(27)4-7-22)26(33)29-21-5-8-25-19(17-21)9-10-31(25)12-11-30-13-15-34-16-14-30/h3-10,17-18H,2,11-16H2,1H3,(H,29,33). The van der Waals surface area contributed by atoms with Crippen LogP contribution in [-0.2, 0) is 17.7 Å². The summed E-state index contributed by atoms with van der Waals surface area (Å²) in [7, 11) is 0. The highest BCUT2D eigenvalue weighted by molar-refractivity contribution is 6.05. The molecule has 5 rings (SSSR count). The molecule has 0 aliphatic carbocycles. The third-order valence-electron chi connectivity index (χ3n) is 6.31. The number of nitrogens with one attached hydrogen (secondary N) is 1. The molecule has 0 bridgehead atoms. The summed E-state index contributed by atoms with van der Waals surface area (Å²) in [6.45, 7) is 7.44. The molecule has 4 aromatic rings. The first-order valence-corrected chi connectivity index (χ1v) is 11.7. The maximum atomic E-state index is 13.3. The predicted molar refractivity (Wildman–Crippen MR) is 130 cm³/mol. The molecule has 0 saturated carbocycles. The molecule has 1 aliphatic rings. The van der Waals surface area contributed by atoms with Gasteiger partial charge in [0.1, 0.15) is 5.82 Å². The van der Waals surface area contributed by atoms with Gasteiger partial charge >= 0.3 is 0 Å². The number of amides is 1. The molecule has 176 valence electrons. The Labute approximate surface area is 197 Å². The van der Waals surface area contributed by atoms with Gasteiger partial charge in [0.15, 0.2) is 0 Å². The third-order valence-corrected chi connectivity index (χ3v) is 6.31. The second-order valence-electron chi connectivity index (χ2n) is 8.44. The van der Waals surface area contributed by atoms with E-state index in [1.54, 1.807) is 23.0 Å². The zero-order valence-electron chi connectivity index (χ0n) is 19.2. The second-order valence-corrected chi connectivity index (χ2v) is 8.44. The summed E-state index contributed by atoms with van der Waals surface area (Å²) in [4.78, 5) is 15.5. The number of ether oxygens (including phenoxy) is 1. The molecule has 1 N–H and O–H groups in total. The SMILES string of the molecule is CCc1c(C(=O)Nc2ccc3c(ccn3CCN3CCOCC3)c2)cnn1-c1ccc(F)cc1. The minimum atomic E-state index is -0.308. The lowest BCUT2D eigenvalue weighted by Crippen LogP contribution is -2.38. The van der Waals surface area contributed by atoms with Crippen LogP contribution in [0.2, 0.25) is 0 Å². The van der Waals surface area contributed by atoms with Gasteiger partial charge in [0.2, 0.25) is 0 Å². The monoisotopic (exact) mass is 461 g/mol. The van der Waals surface area contributed by atoms with E-state index in [9.17, 15) is 9.18 Å². The minimum Gasteiger partial charge on any atom is -0.379 e. The van der Waals surface area contributed by atoms with Gasteiger partial charge < -0.3 is 14.6 Å². The van der Waals surface area contributed by atoms with Crippen LogP contribution in [0.25, 0.3) is 16.6 Å². The Balaban J connectivity index is 1.30. The van der Waals surface area contributed by atoms with Crippen molar-refractivity contribution in [3.8, 4) is 5.69 Å². The summed E-state index contributed by atoms with van der Waals surface area (Å²) in [5.41, 5.74) is 3.89. The van der Waals surface area contributed by atoms with Crippen LogP contribution in [0, 0.1) is 5.82 Å². The Kier molecular flexibility index (Phi) is 6.42. The molecule has 3 heterocycles. The van der Waals surface area contributed by atoms with E-state index in [0.717, 1.165) is 67.4 Å². The van der Waals surface area contributed by atoms with Gasteiger partial charge in [-0.2, -0.15) is 5.10 Å². The fourth-order valence-corrected chi connectivity index (χ4v) is 4.45. The summed E-state index contributed by atoms with van der Waals surface area (Å²) >= 11 is 0. The number of halogens is 1. The molecule has 2 aromatic heterocycles. The third kappa shape index (κ3) is 4.60. The number of hydrogen-bond acceptors (Lipinski definition) is 4. The lowest BCUT2D eigenvalue weighted by Gasteiger charge is -2.26. The first-order chi connectivity index (χ1) is 16.6. The highest BCUT2D eigenvalue weighted by Crippen LogP contribution is 2.23. The van der Waals surface area contributed by atoms with Crippen molar-refractivity contribution in [3.63, 3.8) is 0 Å². The molecule has 0 unspecified atom stereocenters. The first-order valence-electron chi connectivity index (χ1n) is 11.7. The topological polar surface area (TPSA) is 64.3 Å². The number of fused-ring (bicyclic) bond motifs is 1. The second kappa shape index (κ2) is 9.79. The molecule has 0 spiro atoms. The van der Waals surface area contributed by atoms with Crippen molar-refractivity contribution in [2.75, 3.05) is 38.2 Å². The van der Waals surface area contributed by atoms with E-state index in [2.05, 4.69) is 32.1 Å². The number of morpholine rings is 1. The van der Waals surface area contributed by atoms with Gasteiger partial charge in [-0.25, -0.2) is 9.07 Å². The highest BCUT2D eigenvalue weighted by Gasteiger charge is 2.18. The molecule has 7 nitrogen and oxygen atoms in total. The number of aromatic nitrogens is 3. The summed E-state index contributed by atoms with van der Waals surface area (Å²) < 4.78 is 22.7. The molecular formula is C26H28FN5O2. The molecule has 1 amide bonds. The van der Waals surface area contributed by atoms with Crippen molar-refractivity contribution in [1.29, 1.82) is 0 Å².